The van der Waals surface area contributed by atoms with Gasteiger partial charge >= 0.3 is 0 Å². The number of carbonyl (C=O) groups excluding carboxylic acids is 2. The Bertz CT molecular complexity index is 140. The highest BCUT2D eigenvalue weighted by atomic mass is 32.2. The Labute approximate surface area is 58.3 Å². The first-order chi connectivity index (χ1) is 4.16. The third-order valence-corrected chi connectivity index (χ3v) is 1.18. The average Bonchev–Trinajstić information content (AvgIpc) is 1.63. The van der Waals surface area contributed by atoms with Crippen molar-refractivity contribution < 1.29 is 9.59 Å². The lowest BCUT2D eigenvalue weighted by Gasteiger charge is -1.88. The lowest BCUT2D eigenvalue weighted by atomic mass is 10.3. The minimum atomic E-state index is -0.141. The molecule has 0 aliphatic rings. The van der Waals surface area contributed by atoms with Gasteiger partial charge in [0.25, 0.3) is 0 Å². The Hall–Kier alpha value is -0.570. The van der Waals surface area contributed by atoms with E-state index in [0.29, 0.717) is 0 Å². The first-order valence-electron chi connectivity index (χ1n) is 2.46. The summed E-state index contributed by atoms with van der Waals surface area (Å²) in [6, 6.07) is 0. The van der Waals surface area contributed by atoms with E-state index >= 15 is 0 Å². The normalized spacial score (nSPS) is 8.56. The van der Waals surface area contributed by atoms with Crippen molar-refractivity contribution in [3.63, 3.8) is 0 Å². The van der Waals surface area contributed by atoms with Crippen LogP contribution in [0.25, 0.3) is 0 Å². The molecule has 0 aliphatic carbocycles. The van der Waals surface area contributed by atoms with Crippen LogP contribution in [0.3, 0.4) is 0 Å². The maximum absolute atomic E-state index is 10.5. The monoisotopic (exact) mass is 144 g/mol. The zero-order valence-corrected chi connectivity index (χ0v) is 6.03. The van der Waals surface area contributed by atoms with E-state index < -0.39 is 0 Å². The van der Waals surface area contributed by atoms with E-state index in [4.69, 9.17) is 0 Å². The Morgan fingerprint density at radius 3 is 2.56 bits per heavy atom. The Morgan fingerprint density at radius 2 is 2.22 bits per heavy atom. The molecule has 3 heteroatoms. The molecule has 0 atom stereocenters. The second kappa shape index (κ2) is 4.32. The molecule has 0 N–H and O–H groups in total. The van der Waals surface area contributed by atoms with Crippen molar-refractivity contribution >= 4 is 22.7 Å². The largest absolute Gasteiger partial charge is 0.300 e. The molecule has 0 spiro atoms. The van der Waals surface area contributed by atoms with Gasteiger partial charge in [0.2, 0.25) is 0 Å². The van der Waals surface area contributed by atoms with Crippen molar-refractivity contribution in [2.75, 3.05) is 0 Å². The van der Waals surface area contributed by atoms with Crippen LogP contribution in [0, 0.1) is 0 Å². The summed E-state index contributed by atoms with van der Waals surface area (Å²) in [7, 11) is 0. The molecule has 50 valence electrons. The first kappa shape index (κ1) is 8.43. The molecule has 0 bridgehead atoms. The fraction of sp³-hybridized carbons (Fsp3) is 0.333. The minimum Gasteiger partial charge on any atom is -0.300 e. The molecule has 0 unspecified atom stereocenters. The molecule has 0 aromatic heterocycles. The summed E-state index contributed by atoms with van der Waals surface area (Å²) < 4.78 is 0. The summed E-state index contributed by atoms with van der Waals surface area (Å²) in [5.74, 6) is -0.102. The maximum Gasteiger partial charge on any atom is 0.200 e. The van der Waals surface area contributed by atoms with Gasteiger partial charge in [0.1, 0.15) is 5.78 Å². The van der Waals surface area contributed by atoms with Gasteiger partial charge in [0.05, 0.1) is 6.42 Å². The van der Waals surface area contributed by atoms with Crippen molar-refractivity contribution in [3.8, 4) is 0 Å². The van der Waals surface area contributed by atoms with E-state index in [1.165, 1.54) is 12.3 Å². The summed E-state index contributed by atoms with van der Waals surface area (Å²) in [5, 5.41) is 1.28. The van der Waals surface area contributed by atoms with Gasteiger partial charge in [0, 0.05) is 0 Å². The van der Waals surface area contributed by atoms with Crippen LogP contribution < -0.4 is 0 Å². The number of thioether (sulfide) groups is 1. The van der Waals surface area contributed by atoms with E-state index in [1.54, 1.807) is 0 Å². The van der Waals surface area contributed by atoms with Gasteiger partial charge < -0.3 is 0 Å². The average molecular weight is 144 g/mol. The molecule has 0 amide bonds. The van der Waals surface area contributed by atoms with Gasteiger partial charge in [-0.05, 0) is 12.3 Å². The number of carbonyl (C=O) groups is 2. The molecule has 0 aromatic rings. The maximum atomic E-state index is 10.5. The van der Waals surface area contributed by atoms with E-state index in [2.05, 4.69) is 6.58 Å². The molecule has 0 fully saturated rings. The first-order valence-corrected chi connectivity index (χ1v) is 3.34. The van der Waals surface area contributed by atoms with E-state index in [-0.39, 0.29) is 17.3 Å². The van der Waals surface area contributed by atoms with Crippen LogP contribution in [-0.4, -0.2) is 10.9 Å². The molecule has 2 nitrogen and oxygen atoms in total. The second-order valence-electron chi connectivity index (χ2n) is 1.54. The van der Waals surface area contributed by atoms with E-state index in [1.807, 2.05) is 0 Å². The standard InChI is InChI=1S/C6H8O2S/c1-3-9-6(8)4-5(2)7/h3H,1,4H2,2H3. The fourth-order valence-electron chi connectivity index (χ4n) is 0.338. The highest BCUT2D eigenvalue weighted by Crippen LogP contribution is 2.04. The van der Waals surface area contributed by atoms with Gasteiger partial charge in [-0.15, -0.1) is 0 Å². The lowest BCUT2D eigenvalue weighted by Crippen LogP contribution is -1.97. The lowest BCUT2D eigenvalue weighted by molar-refractivity contribution is -0.121. The summed E-state index contributed by atoms with van der Waals surface area (Å²) in [6.45, 7) is 4.73. The highest BCUT2D eigenvalue weighted by Gasteiger charge is 2.01. The molecule has 0 saturated carbocycles. The summed E-state index contributed by atoms with van der Waals surface area (Å²) in [6.07, 6.45) is 0.0106. The molecule has 0 heterocycles. The number of Topliss-reactive ketones (excluding diaryl/α,β-unsaturated/α-hetero) is 1. The minimum absolute atomic E-state index is 0.0106. The summed E-state index contributed by atoms with van der Waals surface area (Å²) in [4.78, 5) is 20.8. The smallest absolute Gasteiger partial charge is 0.200 e. The molecule has 0 aliphatic heterocycles. The van der Waals surface area contributed by atoms with E-state index in [9.17, 15) is 9.59 Å². The van der Waals surface area contributed by atoms with E-state index in [0.717, 1.165) is 11.8 Å². The van der Waals surface area contributed by atoms with Crippen molar-refractivity contribution in [2.45, 2.75) is 13.3 Å². The van der Waals surface area contributed by atoms with Crippen LogP contribution in [0.4, 0.5) is 0 Å². The number of hydrogen-bond acceptors (Lipinski definition) is 3. The van der Waals surface area contributed by atoms with Gasteiger partial charge in [-0.25, -0.2) is 0 Å². The molecular formula is C6H8O2S. The molecular weight excluding hydrogens is 136 g/mol. The fourth-order valence-corrected chi connectivity index (χ4v) is 0.810. The zero-order chi connectivity index (χ0) is 7.28. The molecule has 0 saturated heterocycles. The zero-order valence-electron chi connectivity index (χ0n) is 5.22. The van der Waals surface area contributed by atoms with Crippen LogP contribution in [0.1, 0.15) is 13.3 Å². The third kappa shape index (κ3) is 5.30. The molecule has 0 aromatic carbocycles. The van der Waals surface area contributed by atoms with Crippen molar-refractivity contribution in [1.29, 1.82) is 0 Å². The van der Waals surface area contributed by atoms with Crippen LogP contribution in [0.15, 0.2) is 12.0 Å². The topological polar surface area (TPSA) is 34.1 Å². The molecule has 9 heavy (non-hydrogen) atoms. The van der Waals surface area contributed by atoms with Crippen molar-refractivity contribution in [2.24, 2.45) is 0 Å². The predicted octanol–water partition coefficient (Wildman–Crippen LogP) is 1.37. The second-order valence-corrected chi connectivity index (χ2v) is 2.56. The highest BCUT2D eigenvalue weighted by molar-refractivity contribution is 8.16. The van der Waals surface area contributed by atoms with Crippen molar-refractivity contribution in [3.05, 3.63) is 12.0 Å². The van der Waals surface area contributed by atoms with Crippen LogP contribution in [0.2, 0.25) is 0 Å². The van der Waals surface area contributed by atoms with Gasteiger partial charge in [-0.1, -0.05) is 18.3 Å². The third-order valence-electron chi connectivity index (χ3n) is 0.608. The number of rotatable bonds is 3. The summed E-state index contributed by atoms with van der Waals surface area (Å²) in [5.41, 5.74) is 0. The predicted molar refractivity (Wildman–Crippen MR) is 38.1 cm³/mol. The van der Waals surface area contributed by atoms with Gasteiger partial charge in [-0.3, -0.25) is 9.59 Å². The Balaban J connectivity index is 3.50. The van der Waals surface area contributed by atoms with Crippen molar-refractivity contribution in [1.82, 2.24) is 0 Å². The SMILES string of the molecule is C=CSC(=O)CC(C)=O. The molecule has 0 radical (unpaired) electrons. The van der Waals surface area contributed by atoms with Gasteiger partial charge in [0.15, 0.2) is 5.12 Å². The van der Waals surface area contributed by atoms with Crippen LogP contribution in [-0.2, 0) is 9.59 Å². The van der Waals surface area contributed by atoms with Gasteiger partial charge in [-0.2, -0.15) is 0 Å². The Morgan fingerprint density at radius 1 is 1.67 bits per heavy atom. The number of ketones is 1. The molecule has 0 rings (SSSR count). The van der Waals surface area contributed by atoms with Crippen LogP contribution >= 0.6 is 11.8 Å². The summed E-state index contributed by atoms with van der Waals surface area (Å²) >= 11 is 0.964. The number of hydrogen-bond donors (Lipinski definition) is 0. The van der Waals surface area contributed by atoms with Crippen LogP contribution in [0.5, 0.6) is 0 Å². The quantitative estimate of drug-likeness (QED) is 0.561. The Kier molecular flexibility index (Phi) is 4.05.